The monoisotopic (exact) mass is 508 g/mol. The second kappa shape index (κ2) is 8.31. The lowest BCUT2D eigenvalue weighted by Crippen LogP contribution is -2.36. The molecule has 4 aliphatic rings. The van der Waals surface area contributed by atoms with Crippen molar-refractivity contribution in [3.8, 4) is 10.6 Å². The number of rotatable bonds is 8. The van der Waals surface area contributed by atoms with Crippen LogP contribution in [0.3, 0.4) is 0 Å². The van der Waals surface area contributed by atoms with Crippen LogP contribution in [0.1, 0.15) is 62.3 Å². The zero-order valence-electron chi connectivity index (χ0n) is 20.3. The molecule has 4 fully saturated rings. The number of hydrogen-bond donors (Lipinski definition) is 5. The normalized spacial score (nSPS) is 29.0. The Morgan fingerprint density at radius 1 is 1.08 bits per heavy atom. The lowest BCUT2D eigenvalue weighted by molar-refractivity contribution is 0.00446. The van der Waals surface area contributed by atoms with E-state index in [9.17, 15) is 15.3 Å². The number of aryl methyl sites for hydroxylation is 1. The van der Waals surface area contributed by atoms with Gasteiger partial charge in [-0.15, -0.1) is 11.3 Å². The van der Waals surface area contributed by atoms with Gasteiger partial charge in [0.15, 0.2) is 0 Å². The van der Waals surface area contributed by atoms with E-state index in [2.05, 4.69) is 15.6 Å². The van der Waals surface area contributed by atoms with Crippen molar-refractivity contribution in [2.24, 2.45) is 11.8 Å². The lowest BCUT2D eigenvalue weighted by Gasteiger charge is -2.23. The molecule has 3 aromatic rings. The van der Waals surface area contributed by atoms with Gasteiger partial charge in [-0.05, 0) is 63.9 Å². The Balaban J connectivity index is 1.29. The van der Waals surface area contributed by atoms with Crippen molar-refractivity contribution in [1.82, 2.24) is 19.9 Å². The molecule has 0 aromatic carbocycles. The molecular formula is C26H32N6O3S. The number of aromatic nitrogens is 4. The highest BCUT2D eigenvalue weighted by molar-refractivity contribution is 7.21. The Morgan fingerprint density at radius 2 is 1.89 bits per heavy atom. The van der Waals surface area contributed by atoms with E-state index < -0.39 is 18.2 Å². The molecule has 190 valence electrons. The van der Waals surface area contributed by atoms with Crippen LogP contribution in [0.15, 0.2) is 12.3 Å². The van der Waals surface area contributed by atoms with Gasteiger partial charge < -0.3 is 26.0 Å². The third-order valence-electron chi connectivity index (χ3n) is 8.47. The molecule has 0 bridgehead atoms. The van der Waals surface area contributed by atoms with Gasteiger partial charge in [0.25, 0.3) is 0 Å². The number of hydrogen-bond acceptors (Lipinski definition) is 10. The van der Waals surface area contributed by atoms with Crippen LogP contribution in [0.5, 0.6) is 0 Å². The van der Waals surface area contributed by atoms with Crippen LogP contribution in [0.25, 0.3) is 20.8 Å². The first-order valence-corrected chi connectivity index (χ1v) is 13.9. The maximum atomic E-state index is 10.7. The number of nitrogens with one attached hydrogen (secondary N) is 2. The minimum atomic E-state index is -0.996. The Bertz CT molecular complexity index is 1320. The Labute approximate surface area is 213 Å². The molecule has 36 heavy (non-hydrogen) atoms. The number of fused-ring (bicyclic) bond motifs is 1. The summed E-state index contributed by atoms with van der Waals surface area (Å²) in [5.74, 6) is 2.02. The number of pyridine rings is 1. The number of aliphatic hydroxyl groups excluding tert-OH is 3. The molecule has 3 heterocycles. The molecule has 9 nitrogen and oxygen atoms in total. The van der Waals surface area contributed by atoms with Crippen molar-refractivity contribution in [2.45, 2.75) is 81.6 Å². The van der Waals surface area contributed by atoms with Crippen molar-refractivity contribution in [2.75, 3.05) is 17.2 Å². The summed E-state index contributed by atoms with van der Waals surface area (Å²) in [4.78, 5) is 19.4. The maximum Gasteiger partial charge on any atom is 0.225 e. The van der Waals surface area contributed by atoms with Gasteiger partial charge in [-0.2, -0.15) is 4.98 Å². The van der Waals surface area contributed by atoms with E-state index in [1.165, 1.54) is 12.8 Å². The van der Waals surface area contributed by atoms with E-state index in [1.807, 2.05) is 19.2 Å². The van der Waals surface area contributed by atoms with E-state index in [0.29, 0.717) is 30.0 Å². The molecule has 0 unspecified atom stereocenters. The molecule has 0 amide bonds. The summed E-state index contributed by atoms with van der Waals surface area (Å²) >= 11 is 1.61. The van der Waals surface area contributed by atoms with Crippen molar-refractivity contribution in [3.63, 3.8) is 0 Å². The van der Waals surface area contributed by atoms with Crippen LogP contribution in [-0.2, 0) is 0 Å². The predicted molar refractivity (Wildman–Crippen MR) is 138 cm³/mol. The smallest absolute Gasteiger partial charge is 0.225 e. The molecular weight excluding hydrogens is 476 g/mol. The maximum absolute atomic E-state index is 10.7. The highest BCUT2D eigenvalue weighted by Gasteiger charge is 2.54. The summed E-state index contributed by atoms with van der Waals surface area (Å²) in [6.45, 7) is 1.81. The van der Waals surface area contributed by atoms with Gasteiger partial charge in [0.2, 0.25) is 5.95 Å². The first-order chi connectivity index (χ1) is 17.5. The second-order valence-corrected chi connectivity index (χ2v) is 12.2. The average molecular weight is 509 g/mol. The molecule has 0 aliphatic heterocycles. The topological polar surface area (TPSA) is 136 Å². The van der Waals surface area contributed by atoms with Crippen LogP contribution in [-0.4, -0.2) is 65.7 Å². The number of thiazole rings is 1. The Kier molecular flexibility index (Phi) is 5.25. The van der Waals surface area contributed by atoms with E-state index in [-0.39, 0.29) is 18.1 Å². The first-order valence-electron chi connectivity index (χ1n) is 13.1. The van der Waals surface area contributed by atoms with Crippen molar-refractivity contribution >= 4 is 33.3 Å². The van der Waals surface area contributed by atoms with E-state index >= 15 is 0 Å². The SMILES string of the molecule is Cc1nc(NC2(C3CC3)CC2)nc(N[C@@H]2C[C@H](CO)[C@@H](O)[C@H]2O)c1-c1nc2c(C3CC3)nccc2s1. The number of anilines is 2. The zero-order chi connectivity index (χ0) is 24.6. The Morgan fingerprint density at radius 3 is 2.56 bits per heavy atom. The molecule has 5 N–H and O–H groups in total. The van der Waals surface area contributed by atoms with Crippen LogP contribution in [0.4, 0.5) is 11.8 Å². The molecule has 4 saturated carbocycles. The van der Waals surface area contributed by atoms with Crippen molar-refractivity contribution in [1.29, 1.82) is 0 Å². The lowest BCUT2D eigenvalue weighted by atomic mass is 10.1. The third-order valence-corrected chi connectivity index (χ3v) is 9.51. The fourth-order valence-electron chi connectivity index (χ4n) is 5.88. The highest BCUT2D eigenvalue weighted by Crippen LogP contribution is 2.55. The summed E-state index contributed by atoms with van der Waals surface area (Å²) in [6, 6.07) is 1.58. The Hall–Kier alpha value is -2.40. The third kappa shape index (κ3) is 3.86. The summed E-state index contributed by atoms with van der Waals surface area (Å²) in [6.07, 6.45) is 7.46. The van der Waals surface area contributed by atoms with E-state index in [4.69, 9.17) is 15.0 Å². The predicted octanol–water partition coefficient (Wildman–Crippen LogP) is 3.20. The molecule has 7 rings (SSSR count). The van der Waals surface area contributed by atoms with E-state index in [0.717, 1.165) is 57.9 Å². The fourth-order valence-corrected chi connectivity index (χ4v) is 6.95. The molecule has 0 spiro atoms. The van der Waals surface area contributed by atoms with Crippen LogP contribution in [0, 0.1) is 18.8 Å². The molecule has 0 saturated heterocycles. The molecule has 4 atom stereocenters. The van der Waals surface area contributed by atoms with Crippen molar-refractivity contribution in [3.05, 3.63) is 23.7 Å². The van der Waals surface area contributed by atoms with Gasteiger partial charge in [0.1, 0.15) is 22.4 Å². The summed E-state index contributed by atoms with van der Waals surface area (Å²) < 4.78 is 1.09. The minimum Gasteiger partial charge on any atom is -0.396 e. The standard InChI is InChI=1S/C26H32N6O3S/c1-12-18(24-30-20-17(36-24)6-9-27-19(20)13-2-3-13)23(29-16-10-14(11-33)21(34)22(16)35)31-25(28-12)32-26(7-8-26)15-4-5-15/h6,9,13-16,21-22,33-35H,2-5,7-8,10-11H2,1H3,(H2,28,29,31,32)/t14-,16-,21-,22+/m1/s1. The average Bonchev–Trinajstić information content (AvgIpc) is 3.73. The second-order valence-electron chi connectivity index (χ2n) is 11.2. The summed E-state index contributed by atoms with van der Waals surface area (Å²) in [5.41, 5.74) is 3.77. The van der Waals surface area contributed by atoms with Crippen LogP contribution in [0.2, 0.25) is 0 Å². The van der Waals surface area contributed by atoms with Crippen molar-refractivity contribution < 1.29 is 15.3 Å². The van der Waals surface area contributed by atoms with Gasteiger partial charge in [-0.3, -0.25) is 4.98 Å². The molecule has 4 aliphatic carbocycles. The molecule has 0 radical (unpaired) electrons. The van der Waals surface area contributed by atoms with Gasteiger partial charge in [-0.25, -0.2) is 9.97 Å². The van der Waals surface area contributed by atoms with Gasteiger partial charge in [-0.1, -0.05) is 0 Å². The quantitative estimate of drug-likeness (QED) is 0.311. The number of nitrogens with zero attached hydrogens (tertiary/aromatic N) is 4. The molecule has 3 aromatic heterocycles. The van der Waals surface area contributed by atoms with Crippen LogP contribution < -0.4 is 10.6 Å². The van der Waals surface area contributed by atoms with E-state index in [1.54, 1.807) is 11.3 Å². The van der Waals surface area contributed by atoms with Gasteiger partial charge in [0.05, 0.1) is 33.8 Å². The highest BCUT2D eigenvalue weighted by atomic mass is 32.1. The van der Waals surface area contributed by atoms with Crippen LogP contribution >= 0.6 is 11.3 Å². The first kappa shape index (κ1) is 22.8. The molecule has 10 heteroatoms. The fraction of sp³-hybridized carbons (Fsp3) is 0.615. The number of aliphatic hydroxyl groups is 3. The largest absolute Gasteiger partial charge is 0.396 e. The van der Waals surface area contributed by atoms with Gasteiger partial charge in [0, 0.05) is 30.2 Å². The summed E-state index contributed by atoms with van der Waals surface area (Å²) in [7, 11) is 0. The zero-order valence-corrected chi connectivity index (χ0v) is 21.1. The summed E-state index contributed by atoms with van der Waals surface area (Å²) in [5, 5.41) is 38.6. The van der Waals surface area contributed by atoms with Gasteiger partial charge >= 0.3 is 0 Å². The minimum absolute atomic E-state index is 0.122.